The fourth-order valence-corrected chi connectivity index (χ4v) is 1.91. The van der Waals surface area contributed by atoms with Gasteiger partial charge in [-0.25, -0.2) is 0 Å². The number of carbonyl (C=O) groups is 1. The predicted molar refractivity (Wildman–Crippen MR) is 62.6 cm³/mol. The van der Waals surface area contributed by atoms with Gasteiger partial charge < -0.3 is 15.3 Å². The largest absolute Gasteiger partial charge is 0.482 e. The molecule has 2 N–H and O–H groups in total. The van der Waals surface area contributed by atoms with Crippen LogP contribution in [-0.2, 0) is 9.57 Å². The minimum atomic E-state index is -0.435. The third-order valence-electron chi connectivity index (χ3n) is 2.87. The van der Waals surface area contributed by atoms with Gasteiger partial charge in [-0.05, 0) is 24.1 Å². The highest BCUT2D eigenvalue weighted by molar-refractivity contribution is 5.94. The quantitative estimate of drug-likeness (QED) is 0.842. The van der Waals surface area contributed by atoms with E-state index in [-0.39, 0.29) is 6.10 Å². The molecular weight excluding hydrogens is 220 g/mol. The topological polar surface area (TPSA) is 73.9 Å². The maximum Gasteiger partial charge on any atom is 0.248 e. The third-order valence-corrected chi connectivity index (χ3v) is 2.87. The Balaban J connectivity index is 2.29. The molecule has 1 aliphatic heterocycles. The van der Waals surface area contributed by atoms with E-state index in [1.165, 1.54) is 0 Å². The molecule has 0 spiro atoms. The van der Waals surface area contributed by atoms with Crippen molar-refractivity contribution in [3.8, 4) is 0 Å². The van der Waals surface area contributed by atoms with Crippen LogP contribution in [0.15, 0.2) is 23.4 Å². The van der Waals surface area contributed by atoms with Gasteiger partial charge in [0.15, 0.2) is 6.10 Å². The lowest BCUT2D eigenvalue weighted by atomic mass is 9.96. The van der Waals surface area contributed by atoms with Crippen molar-refractivity contribution in [1.82, 2.24) is 0 Å². The number of oxime groups is 1. The summed E-state index contributed by atoms with van der Waals surface area (Å²) in [6.45, 7) is 1.85. The highest BCUT2D eigenvalue weighted by Crippen LogP contribution is 2.30. The summed E-state index contributed by atoms with van der Waals surface area (Å²) < 4.78 is 5.01. The molecule has 1 heterocycles. The molecule has 1 aromatic rings. The molecule has 90 valence electrons. The average Bonchev–Trinajstić information content (AvgIpc) is 2.77. The predicted octanol–water partition coefficient (Wildman–Crippen LogP) is 1.52. The monoisotopic (exact) mass is 234 g/mol. The number of nitrogens with zero attached hydrogens (tertiary/aromatic N) is 1. The van der Waals surface area contributed by atoms with Crippen molar-refractivity contribution in [3.05, 3.63) is 34.9 Å². The summed E-state index contributed by atoms with van der Waals surface area (Å²) in [6, 6.07) is 5.39. The second-order valence-electron chi connectivity index (χ2n) is 3.87. The van der Waals surface area contributed by atoms with E-state index in [0.29, 0.717) is 17.9 Å². The number of benzene rings is 1. The Hall–Kier alpha value is -2.04. The van der Waals surface area contributed by atoms with E-state index in [1.807, 2.05) is 13.0 Å². The van der Waals surface area contributed by atoms with Crippen LogP contribution in [0, 0.1) is 6.92 Å². The molecule has 1 aromatic carbocycles. The Bertz CT molecular complexity index is 483. The van der Waals surface area contributed by atoms with Gasteiger partial charge in [0.05, 0.1) is 13.5 Å². The van der Waals surface area contributed by atoms with Gasteiger partial charge in [0.25, 0.3) is 0 Å². The maximum absolute atomic E-state index is 11.2. The smallest absolute Gasteiger partial charge is 0.248 e. The highest BCUT2D eigenvalue weighted by atomic mass is 16.7. The Morgan fingerprint density at radius 2 is 2.35 bits per heavy atom. The van der Waals surface area contributed by atoms with Gasteiger partial charge in [-0.2, -0.15) is 0 Å². The standard InChI is InChI=1S/C12H14N2O3/c1-7-8(4-3-5-9(7)12(13)15)10-6-11(16-2)14-17-10/h3-5,10H,6H2,1-2H3,(H2,13,15). The first kappa shape index (κ1) is 11.4. The summed E-state index contributed by atoms with van der Waals surface area (Å²) in [5.41, 5.74) is 7.56. The number of nitrogens with two attached hydrogens (primary N) is 1. The van der Waals surface area contributed by atoms with Gasteiger partial charge in [-0.1, -0.05) is 17.3 Å². The summed E-state index contributed by atoms with van der Waals surface area (Å²) in [5.74, 6) is 0.120. The van der Waals surface area contributed by atoms with Gasteiger partial charge in [0.2, 0.25) is 11.8 Å². The van der Waals surface area contributed by atoms with Crippen LogP contribution in [0.3, 0.4) is 0 Å². The van der Waals surface area contributed by atoms with Gasteiger partial charge in [-0.15, -0.1) is 0 Å². The van der Waals surface area contributed by atoms with Crippen LogP contribution in [0.5, 0.6) is 0 Å². The van der Waals surface area contributed by atoms with Crippen LogP contribution in [0.25, 0.3) is 0 Å². The molecular formula is C12H14N2O3. The first-order chi connectivity index (χ1) is 8.13. The zero-order chi connectivity index (χ0) is 12.4. The number of carbonyl (C=O) groups excluding carboxylic acids is 1. The van der Waals surface area contributed by atoms with E-state index in [1.54, 1.807) is 19.2 Å². The Kier molecular flexibility index (Phi) is 2.99. The summed E-state index contributed by atoms with van der Waals surface area (Å²) in [4.78, 5) is 16.5. The van der Waals surface area contributed by atoms with Crippen LogP contribution in [0.2, 0.25) is 0 Å². The molecule has 5 heteroatoms. The van der Waals surface area contributed by atoms with E-state index in [9.17, 15) is 4.79 Å². The highest BCUT2D eigenvalue weighted by Gasteiger charge is 2.26. The molecule has 0 bridgehead atoms. The lowest BCUT2D eigenvalue weighted by Gasteiger charge is -2.13. The van der Waals surface area contributed by atoms with E-state index in [0.717, 1.165) is 11.1 Å². The lowest BCUT2D eigenvalue weighted by molar-refractivity contribution is 0.0847. The Morgan fingerprint density at radius 1 is 1.59 bits per heavy atom. The fraction of sp³-hybridized carbons (Fsp3) is 0.333. The third kappa shape index (κ3) is 2.08. The number of hydrogen-bond acceptors (Lipinski definition) is 4. The van der Waals surface area contributed by atoms with Crippen molar-refractivity contribution in [2.24, 2.45) is 10.9 Å². The number of methoxy groups -OCH3 is 1. The van der Waals surface area contributed by atoms with Crippen molar-refractivity contribution in [2.75, 3.05) is 7.11 Å². The normalized spacial score (nSPS) is 18.5. The fourth-order valence-electron chi connectivity index (χ4n) is 1.91. The minimum Gasteiger partial charge on any atom is -0.482 e. The molecule has 1 aliphatic rings. The molecule has 0 aromatic heterocycles. The van der Waals surface area contributed by atoms with Gasteiger partial charge >= 0.3 is 0 Å². The Labute approximate surface area is 99.2 Å². The second-order valence-corrected chi connectivity index (χ2v) is 3.87. The molecule has 0 saturated heterocycles. The molecule has 2 rings (SSSR count). The van der Waals surface area contributed by atoms with E-state index < -0.39 is 5.91 Å². The summed E-state index contributed by atoms with van der Waals surface area (Å²) >= 11 is 0. The lowest BCUT2D eigenvalue weighted by Crippen LogP contribution is -2.14. The van der Waals surface area contributed by atoms with Crippen molar-refractivity contribution >= 4 is 11.8 Å². The number of primary amides is 1. The van der Waals surface area contributed by atoms with Crippen LogP contribution in [-0.4, -0.2) is 18.9 Å². The second kappa shape index (κ2) is 4.45. The number of amides is 1. The van der Waals surface area contributed by atoms with Crippen LogP contribution >= 0.6 is 0 Å². The van der Waals surface area contributed by atoms with Crippen LogP contribution < -0.4 is 5.73 Å². The molecule has 5 nitrogen and oxygen atoms in total. The van der Waals surface area contributed by atoms with E-state index >= 15 is 0 Å². The van der Waals surface area contributed by atoms with Crippen molar-refractivity contribution in [3.63, 3.8) is 0 Å². The summed E-state index contributed by atoms with van der Waals surface area (Å²) in [7, 11) is 1.55. The van der Waals surface area contributed by atoms with Gasteiger partial charge in [0, 0.05) is 5.56 Å². The molecule has 0 saturated carbocycles. The van der Waals surface area contributed by atoms with Crippen molar-refractivity contribution < 1.29 is 14.4 Å². The van der Waals surface area contributed by atoms with Gasteiger partial charge in [0.1, 0.15) is 0 Å². The molecule has 0 aliphatic carbocycles. The maximum atomic E-state index is 11.2. The first-order valence-corrected chi connectivity index (χ1v) is 5.29. The number of rotatable bonds is 2. The Morgan fingerprint density at radius 3 is 2.94 bits per heavy atom. The first-order valence-electron chi connectivity index (χ1n) is 5.29. The van der Waals surface area contributed by atoms with E-state index in [2.05, 4.69) is 5.16 Å². The van der Waals surface area contributed by atoms with Crippen molar-refractivity contribution in [1.29, 1.82) is 0 Å². The molecule has 1 unspecified atom stereocenters. The zero-order valence-corrected chi connectivity index (χ0v) is 9.77. The number of ether oxygens (including phenoxy) is 1. The minimum absolute atomic E-state index is 0.204. The van der Waals surface area contributed by atoms with Gasteiger partial charge in [-0.3, -0.25) is 4.79 Å². The molecule has 0 fully saturated rings. The average molecular weight is 234 g/mol. The molecule has 0 radical (unpaired) electrons. The zero-order valence-electron chi connectivity index (χ0n) is 9.77. The van der Waals surface area contributed by atoms with Crippen molar-refractivity contribution in [2.45, 2.75) is 19.4 Å². The summed E-state index contributed by atoms with van der Waals surface area (Å²) in [6.07, 6.45) is 0.365. The molecule has 1 amide bonds. The SMILES string of the molecule is COC1=NOC(c2cccc(C(N)=O)c2C)C1. The number of hydrogen-bond donors (Lipinski definition) is 1. The molecule has 1 atom stereocenters. The summed E-state index contributed by atoms with van der Waals surface area (Å²) in [5, 5.41) is 3.81. The van der Waals surface area contributed by atoms with Crippen LogP contribution in [0.4, 0.5) is 0 Å². The van der Waals surface area contributed by atoms with Crippen LogP contribution in [0.1, 0.15) is 34.0 Å². The van der Waals surface area contributed by atoms with E-state index in [4.69, 9.17) is 15.3 Å². The molecule has 17 heavy (non-hydrogen) atoms.